The van der Waals surface area contributed by atoms with Crippen LogP contribution in [0.2, 0.25) is 0 Å². The number of halogens is 1. The van der Waals surface area contributed by atoms with Crippen molar-refractivity contribution in [2.24, 2.45) is 0 Å². The third kappa shape index (κ3) is 1.86. The third-order valence-electron chi connectivity index (χ3n) is 1.64. The van der Waals surface area contributed by atoms with Crippen LogP contribution in [0.3, 0.4) is 0 Å². The van der Waals surface area contributed by atoms with E-state index in [1.54, 1.807) is 6.07 Å². The van der Waals surface area contributed by atoms with Crippen LogP contribution in [0.15, 0.2) is 16.6 Å². The summed E-state index contributed by atoms with van der Waals surface area (Å²) < 4.78 is 5.30. The molecule has 4 nitrogen and oxygen atoms in total. The van der Waals surface area contributed by atoms with Gasteiger partial charge in [0.2, 0.25) is 0 Å². The molecule has 72 valence electrons. The van der Waals surface area contributed by atoms with E-state index in [2.05, 4.69) is 15.9 Å². The maximum absolute atomic E-state index is 10.8. The first kappa shape index (κ1) is 10.5. The Morgan fingerprint density at radius 2 is 2.29 bits per heavy atom. The number of methoxy groups -OCH3 is 1. The van der Waals surface area contributed by atoms with E-state index in [0.717, 1.165) is 0 Å². The first-order valence-electron chi connectivity index (χ1n) is 3.61. The number of hydrogen-bond acceptors (Lipinski definition) is 3. The lowest BCUT2D eigenvalue weighted by atomic mass is 10.1. The largest absolute Gasteiger partial charge is 0.497 e. The number of aromatic carboxylic acids is 1. The van der Waals surface area contributed by atoms with E-state index in [1.165, 1.54) is 13.2 Å². The molecule has 0 fully saturated rings. The molecule has 1 rings (SSSR count). The molecule has 0 heterocycles. The molecule has 0 atom stereocenters. The van der Waals surface area contributed by atoms with Gasteiger partial charge in [-0.15, -0.1) is 0 Å². The first-order valence-corrected chi connectivity index (χ1v) is 4.40. The summed E-state index contributed by atoms with van der Waals surface area (Å²) in [5, 5.41) is 17.5. The number of carboxylic acid groups (broad SMARTS) is 1. The van der Waals surface area contributed by atoms with Crippen molar-refractivity contribution in [3.63, 3.8) is 0 Å². The van der Waals surface area contributed by atoms with Gasteiger partial charge in [-0.3, -0.25) is 0 Å². The molecule has 0 bridgehead atoms. The molecule has 1 aromatic rings. The normalized spacial score (nSPS) is 9.21. The lowest BCUT2D eigenvalue weighted by Crippen LogP contribution is -2.01. The Morgan fingerprint density at radius 1 is 1.64 bits per heavy atom. The van der Waals surface area contributed by atoms with Crippen molar-refractivity contribution in [2.75, 3.05) is 7.11 Å². The lowest BCUT2D eigenvalue weighted by molar-refractivity contribution is 0.0696. The van der Waals surface area contributed by atoms with Gasteiger partial charge >= 0.3 is 5.97 Å². The summed E-state index contributed by atoms with van der Waals surface area (Å²) in [4.78, 5) is 10.8. The second-order valence-corrected chi connectivity index (χ2v) is 3.30. The number of nitrogens with zero attached hydrogens (tertiary/aromatic N) is 1. The zero-order chi connectivity index (χ0) is 10.7. The zero-order valence-electron chi connectivity index (χ0n) is 7.24. The average molecular weight is 256 g/mol. The summed E-state index contributed by atoms with van der Waals surface area (Å²) in [5.74, 6) is -0.755. The van der Waals surface area contributed by atoms with Crippen LogP contribution in [-0.2, 0) is 0 Å². The minimum absolute atomic E-state index is 0.0706. The van der Waals surface area contributed by atoms with Gasteiger partial charge in [-0.2, -0.15) is 5.26 Å². The first-order chi connectivity index (χ1) is 6.60. The van der Waals surface area contributed by atoms with E-state index < -0.39 is 5.97 Å². The molecule has 0 spiro atoms. The van der Waals surface area contributed by atoms with Crippen LogP contribution < -0.4 is 4.74 Å². The standard InChI is InChI=1S/C9H6BrNO3/c1-14-5-2-6(9(12)13)7(4-11)8(10)3-5/h2-3H,1H3,(H,12,13). The van der Waals surface area contributed by atoms with Crippen LogP contribution in [-0.4, -0.2) is 18.2 Å². The highest BCUT2D eigenvalue weighted by molar-refractivity contribution is 9.10. The van der Waals surface area contributed by atoms with Gasteiger partial charge in [0.1, 0.15) is 11.8 Å². The second kappa shape index (κ2) is 4.11. The quantitative estimate of drug-likeness (QED) is 0.878. The van der Waals surface area contributed by atoms with Crippen molar-refractivity contribution in [1.82, 2.24) is 0 Å². The Hall–Kier alpha value is -1.54. The van der Waals surface area contributed by atoms with Crippen LogP contribution in [0, 0.1) is 11.3 Å². The Morgan fingerprint density at radius 3 is 2.71 bits per heavy atom. The summed E-state index contributed by atoms with van der Waals surface area (Å²) in [6.07, 6.45) is 0. The zero-order valence-corrected chi connectivity index (χ0v) is 8.83. The molecule has 1 N–H and O–H groups in total. The van der Waals surface area contributed by atoms with E-state index in [-0.39, 0.29) is 11.1 Å². The van der Waals surface area contributed by atoms with Crippen molar-refractivity contribution < 1.29 is 14.6 Å². The summed E-state index contributed by atoms with van der Waals surface area (Å²) in [6, 6.07) is 4.67. The fraction of sp³-hybridized carbons (Fsp3) is 0.111. The monoisotopic (exact) mass is 255 g/mol. The molecule has 0 radical (unpaired) electrons. The molecular formula is C9H6BrNO3. The molecule has 0 saturated heterocycles. The second-order valence-electron chi connectivity index (χ2n) is 2.45. The summed E-state index contributed by atoms with van der Waals surface area (Å²) in [5.41, 5.74) is 0.0250. The Labute approximate surface area is 88.9 Å². The van der Waals surface area contributed by atoms with E-state index in [1.807, 2.05) is 6.07 Å². The molecule has 0 unspecified atom stereocenters. The van der Waals surface area contributed by atoms with Gasteiger partial charge in [-0.05, 0) is 28.1 Å². The minimum atomic E-state index is -1.15. The topological polar surface area (TPSA) is 70.3 Å². The van der Waals surface area contributed by atoms with Crippen LogP contribution in [0.1, 0.15) is 15.9 Å². The number of hydrogen-bond donors (Lipinski definition) is 1. The van der Waals surface area contributed by atoms with Crippen molar-refractivity contribution in [3.05, 3.63) is 27.7 Å². The molecule has 5 heteroatoms. The molecule has 1 aromatic carbocycles. The maximum atomic E-state index is 10.8. The number of nitriles is 1. The van der Waals surface area contributed by atoms with Gasteiger partial charge < -0.3 is 9.84 Å². The van der Waals surface area contributed by atoms with Crippen molar-refractivity contribution >= 4 is 21.9 Å². The molecule has 0 amide bonds. The van der Waals surface area contributed by atoms with Gasteiger partial charge in [0, 0.05) is 4.47 Å². The van der Waals surface area contributed by atoms with Gasteiger partial charge in [-0.1, -0.05) is 0 Å². The molecule has 0 saturated carbocycles. The SMILES string of the molecule is COc1cc(Br)c(C#N)c(C(=O)O)c1. The van der Waals surface area contributed by atoms with Crippen molar-refractivity contribution in [1.29, 1.82) is 5.26 Å². The van der Waals surface area contributed by atoms with Gasteiger partial charge in [0.15, 0.2) is 0 Å². The number of benzene rings is 1. The van der Waals surface area contributed by atoms with Crippen molar-refractivity contribution in [3.8, 4) is 11.8 Å². The van der Waals surface area contributed by atoms with E-state index in [4.69, 9.17) is 15.1 Å². The molecule has 0 aromatic heterocycles. The number of rotatable bonds is 2. The fourth-order valence-electron chi connectivity index (χ4n) is 0.982. The molecule has 0 aliphatic rings. The molecule has 14 heavy (non-hydrogen) atoms. The van der Waals surface area contributed by atoms with Crippen LogP contribution in [0.5, 0.6) is 5.75 Å². The molecular weight excluding hydrogens is 250 g/mol. The lowest BCUT2D eigenvalue weighted by Gasteiger charge is -2.05. The van der Waals surface area contributed by atoms with E-state index >= 15 is 0 Å². The van der Waals surface area contributed by atoms with Crippen molar-refractivity contribution in [2.45, 2.75) is 0 Å². The summed E-state index contributed by atoms with van der Waals surface area (Å²) in [6.45, 7) is 0. The predicted octanol–water partition coefficient (Wildman–Crippen LogP) is 2.03. The summed E-state index contributed by atoms with van der Waals surface area (Å²) in [7, 11) is 1.43. The fourth-order valence-corrected chi connectivity index (χ4v) is 1.51. The summed E-state index contributed by atoms with van der Waals surface area (Å²) >= 11 is 3.10. The van der Waals surface area contributed by atoms with Gasteiger partial charge in [0.05, 0.1) is 18.2 Å². The van der Waals surface area contributed by atoms with E-state index in [0.29, 0.717) is 10.2 Å². The van der Waals surface area contributed by atoms with Crippen LogP contribution >= 0.6 is 15.9 Å². The Bertz CT molecular complexity index is 423. The van der Waals surface area contributed by atoms with Crippen LogP contribution in [0.4, 0.5) is 0 Å². The molecule has 0 aliphatic carbocycles. The minimum Gasteiger partial charge on any atom is -0.497 e. The van der Waals surface area contributed by atoms with Gasteiger partial charge in [0.25, 0.3) is 0 Å². The third-order valence-corrected chi connectivity index (χ3v) is 2.27. The number of ether oxygens (including phenoxy) is 1. The van der Waals surface area contributed by atoms with Gasteiger partial charge in [-0.25, -0.2) is 4.79 Å². The number of carbonyl (C=O) groups is 1. The Balaban J connectivity index is 3.45. The molecule has 0 aliphatic heterocycles. The highest BCUT2D eigenvalue weighted by Crippen LogP contribution is 2.26. The van der Waals surface area contributed by atoms with Crippen LogP contribution in [0.25, 0.3) is 0 Å². The average Bonchev–Trinajstić information content (AvgIpc) is 2.16. The maximum Gasteiger partial charge on any atom is 0.337 e. The highest BCUT2D eigenvalue weighted by Gasteiger charge is 2.14. The van der Waals surface area contributed by atoms with E-state index in [9.17, 15) is 4.79 Å². The highest BCUT2D eigenvalue weighted by atomic mass is 79.9. The smallest absolute Gasteiger partial charge is 0.337 e. The predicted molar refractivity (Wildman–Crippen MR) is 52.4 cm³/mol. The number of carboxylic acids is 1. The Kier molecular flexibility index (Phi) is 3.10.